The molecular weight excluding hydrogens is 152 g/mol. The zero-order chi connectivity index (χ0) is 8.97. The van der Waals surface area contributed by atoms with E-state index in [1.54, 1.807) is 0 Å². The van der Waals surface area contributed by atoms with E-state index in [9.17, 15) is 0 Å². The monoisotopic (exact) mass is 168 g/mol. The van der Waals surface area contributed by atoms with E-state index in [1.807, 2.05) is 0 Å². The Morgan fingerprint density at radius 1 is 1.58 bits per heavy atom. The van der Waals surface area contributed by atoms with Crippen LogP contribution in [0.3, 0.4) is 0 Å². The van der Waals surface area contributed by atoms with Crippen molar-refractivity contribution in [3.05, 3.63) is 12.2 Å². The van der Waals surface area contributed by atoms with E-state index < -0.39 is 0 Å². The summed E-state index contributed by atoms with van der Waals surface area (Å²) in [5, 5.41) is 10.0. The number of aromatic amines is 1. The lowest BCUT2D eigenvalue weighted by Gasteiger charge is -2.16. The van der Waals surface area contributed by atoms with Crippen molar-refractivity contribution in [1.82, 2.24) is 20.5 Å². The number of nitrogens with one attached hydrogen (secondary N) is 2. The van der Waals surface area contributed by atoms with Crippen LogP contribution in [0, 0.1) is 0 Å². The summed E-state index contributed by atoms with van der Waals surface area (Å²) in [6.45, 7) is 6.39. The molecule has 1 heterocycles. The Labute approximate surface area is 72.8 Å². The van der Waals surface area contributed by atoms with Crippen LogP contribution in [0.4, 0.5) is 0 Å². The molecule has 2 atom stereocenters. The molecule has 0 aliphatic carbocycles. The van der Waals surface area contributed by atoms with E-state index in [-0.39, 0.29) is 6.04 Å². The van der Waals surface area contributed by atoms with Gasteiger partial charge in [-0.3, -0.25) is 5.10 Å². The summed E-state index contributed by atoms with van der Waals surface area (Å²) in [5.41, 5.74) is 0. The smallest absolute Gasteiger partial charge is 0.141 e. The molecule has 0 spiro atoms. The molecule has 1 aromatic heterocycles. The van der Waals surface area contributed by atoms with Crippen LogP contribution in [0.25, 0.3) is 0 Å². The third-order valence-electron chi connectivity index (χ3n) is 1.99. The Morgan fingerprint density at radius 2 is 2.33 bits per heavy atom. The fourth-order valence-corrected chi connectivity index (χ4v) is 1.05. The first-order chi connectivity index (χ1) is 5.74. The van der Waals surface area contributed by atoms with E-state index in [1.165, 1.54) is 6.33 Å². The molecule has 0 amide bonds. The van der Waals surface area contributed by atoms with Gasteiger partial charge in [-0.1, -0.05) is 6.92 Å². The average molecular weight is 168 g/mol. The van der Waals surface area contributed by atoms with Crippen LogP contribution in [0.2, 0.25) is 0 Å². The van der Waals surface area contributed by atoms with Gasteiger partial charge < -0.3 is 5.32 Å². The van der Waals surface area contributed by atoms with Crippen LogP contribution < -0.4 is 5.32 Å². The summed E-state index contributed by atoms with van der Waals surface area (Å²) < 4.78 is 0. The molecule has 1 aromatic rings. The summed E-state index contributed by atoms with van der Waals surface area (Å²) in [4.78, 5) is 4.07. The first-order valence-electron chi connectivity index (χ1n) is 4.35. The summed E-state index contributed by atoms with van der Waals surface area (Å²) in [5.74, 6) is 0.898. The topological polar surface area (TPSA) is 53.6 Å². The molecule has 0 aliphatic heterocycles. The molecule has 0 saturated heterocycles. The molecule has 2 N–H and O–H groups in total. The first-order valence-corrected chi connectivity index (χ1v) is 4.35. The van der Waals surface area contributed by atoms with Crippen molar-refractivity contribution in [2.45, 2.75) is 39.3 Å². The third-order valence-corrected chi connectivity index (χ3v) is 1.99. The number of rotatable bonds is 4. The Hall–Kier alpha value is -0.900. The number of H-pyrrole nitrogens is 1. The first kappa shape index (κ1) is 9.19. The highest BCUT2D eigenvalue weighted by molar-refractivity contribution is 4.89. The van der Waals surface area contributed by atoms with Crippen molar-refractivity contribution in [3.63, 3.8) is 0 Å². The maximum atomic E-state index is 4.07. The number of hydrogen-bond acceptors (Lipinski definition) is 3. The fourth-order valence-electron chi connectivity index (χ4n) is 1.05. The van der Waals surface area contributed by atoms with Crippen molar-refractivity contribution < 1.29 is 0 Å². The molecule has 1 rings (SSSR count). The second-order valence-electron chi connectivity index (χ2n) is 3.07. The van der Waals surface area contributed by atoms with Crippen molar-refractivity contribution in [1.29, 1.82) is 0 Å². The Balaban J connectivity index is 2.44. The van der Waals surface area contributed by atoms with Crippen molar-refractivity contribution in [3.8, 4) is 0 Å². The summed E-state index contributed by atoms with van der Waals surface area (Å²) >= 11 is 0. The minimum Gasteiger partial charge on any atom is -0.305 e. The van der Waals surface area contributed by atoms with Gasteiger partial charge in [-0.2, -0.15) is 5.10 Å². The number of hydrogen-bond donors (Lipinski definition) is 2. The highest BCUT2D eigenvalue weighted by Gasteiger charge is 2.09. The van der Waals surface area contributed by atoms with Gasteiger partial charge in [-0.15, -0.1) is 0 Å². The molecule has 0 aliphatic rings. The summed E-state index contributed by atoms with van der Waals surface area (Å²) in [7, 11) is 0. The van der Waals surface area contributed by atoms with Crippen LogP contribution in [0.5, 0.6) is 0 Å². The van der Waals surface area contributed by atoms with Crippen LogP contribution in [0.1, 0.15) is 39.1 Å². The van der Waals surface area contributed by atoms with Gasteiger partial charge in [-0.25, -0.2) is 4.98 Å². The predicted octanol–water partition coefficient (Wildman–Crippen LogP) is 1.25. The number of nitrogens with zero attached hydrogens (tertiary/aromatic N) is 2. The van der Waals surface area contributed by atoms with Crippen LogP contribution in [0.15, 0.2) is 6.33 Å². The highest BCUT2D eigenvalue weighted by Crippen LogP contribution is 2.06. The lowest BCUT2D eigenvalue weighted by atomic mass is 10.2. The molecule has 0 bridgehead atoms. The maximum Gasteiger partial charge on any atom is 0.141 e. The zero-order valence-electron chi connectivity index (χ0n) is 7.83. The van der Waals surface area contributed by atoms with Gasteiger partial charge in [0, 0.05) is 6.04 Å². The quantitative estimate of drug-likeness (QED) is 0.711. The SMILES string of the molecule is CCC(C)NC(C)c1ncn[nH]1. The molecule has 12 heavy (non-hydrogen) atoms. The second kappa shape index (κ2) is 4.21. The van der Waals surface area contributed by atoms with E-state index in [0.717, 1.165) is 12.2 Å². The van der Waals surface area contributed by atoms with Gasteiger partial charge in [0.15, 0.2) is 0 Å². The molecule has 0 saturated carbocycles. The van der Waals surface area contributed by atoms with Crippen LogP contribution >= 0.6 is 0 Å². The maximum absolute atomic E-state index is 4.07. The van der Waals surface area contributed by atoms with Gasteiger partial charge in [0.1, 0.15) is 12.2 Å². The lowest BCUT2D eigenvalue weighted by Crippen LogP contribution is -2.28. The molecule has 2 unspecified atom stereocenters. The molecule has 4 heteroatoms. The Bertz CT molecular complexity index is 207. The van der Waals surface area contributed by atoms with Gasteiger partial charge in [0.25, 0.3) is 0 Å². The molecule has 68 valence electrons. The molecule has 0 radical (unpaired) electrons. The Morgan fingerprint density at radius 3 is 2.83 bits per heavy atom. The van der Waals surface area contributed by atoms with Crippen molar-refractivity contribution >= 4 is 0 Å². The normalized spacial score (nSPS) is 15.9. The standard InChI is InChI=1S/C8H16N4/c1-4-6(2)11-7(3)8-9-5-10-12-8/h5-7,11H,4H2,1-3H3,(H,9,10,12). The van der Waals surface area contributed by atoms with Gasteiger partial charge in [0.2, 0.25) is 0 Å². The third kappa shape index (κ3) is 2.30. The Kier molecular flexibility index (Phi) is 3.22. The molecular formula is C8H16N4. The van der Waals surface area contributed by atoms with E-state index in [2.05, 4.69) is 41.3 Å². The van der Waals surface area contributed by atoms with Gasteiger partial charge in [-0.05, 0) is 20.3 Å². The van der Waals surface area contributed by atoms with Gasteiger partial charge in [0.05, 0.1) is 6.04 Å². The van der Waals surface area contributed by atoms with Crippen molar-refractivity contribution in [2.24, 2.45) is 0 Å². The average Bonchev–Trinajstić information content (AvgIpc) is 2.56. The summed E-state index contributed by atoms with van der Waals surface area (Å²) in [6, 6.07) is 0.771. The molecule has 0 fully saturated rings. The zero-order valence-corrected chi connectivity index (χ0v) is 7.83. The summed E-state index contributed by atoms with van der Waals surface area (Å²) in [6.07, 6.45) is 2.66. The number of aromatic nitrogens is 3. The van der Waals surface area contributed by atoms with Crippen LogP contribution in [-0.4, -0.2) is 21.2 Å². The molecule has 4 nitrogen and oxygen atoms in total. The van der Waals surface area contributed by atoms with E-state index in [4.69, 9.17) is 0 Å². The van der Waals surface area contributed by atoms with Gasteiger partial charge >= 0.3 is 0 Å². The lowest BCUT2D eigenvalue weighted by molar-refractivity contribution is 0.455. The second-order valence-corrected chi connectivity index (χ2v) is 3.07. The minimum absolute atomic E-state index is 0.252. The predicted molar refractivity (Wildman–Crippen MR) is 47.7 cm³/mol. The van der Waals surface area contributed by atoms with Crippen molar-refractivity contribution in [2.75, 3.05) is 0 Å². The molecule has 0 aromatic carbocycles. The highest BCUT2D eigenvalue weighted by atomic mass is 15.2. The fraction of sp³-hybridized carbons (Fsp3) is 0.750. The minimum atomic E-state index is 0.252. The van der Waals surface area contributed by atoms with E-state index >= 15 is 0 Å². The van der Waals surface area contributed by atoms with E-state index in [0.29, 0.717) is 6.04 Å². The largest absolute Gasteiger partial charge is 0.305 e. The van der Waals surface area contributed by atoms with Crippen LogP contribution in [-0.2, 0) is 0 Å².